The molecule has 94 valence electrons. The standard InChI is InChI=1S/C14H18N4/c1-2-13-14(17-5-4-16-13)11-12(1)3-8-18-9-6-15-7-10-18/h1-2,4-5,11,15H,3,6-10H2. The number of piperazine rings is 1. The zero-order valence-electron chi connectivity index (χ0n) is 10.5. The van der Waals surface area contributed by atoms with Crippen LogP contribution in [0.1, 0.15) is 5.56 Å². The smallest absolute Gasteiger partial charge is 0.0889 e. The monoisotopic (exact) mass is 242 g/mol. The van der Waals surface area contributed by atoms with E-state index < -0.39 is 0 Å². The topological polar surface area (TPSA) is 41.1 Å². The lowest BCUT2D eigenvalue weighted by atomic mass is 10.1. The van der Waals surface area contributed by atoms with E-state index in [1.165, 1.54) is 5.56 Å². The fourth-order valence-electron chi connectivity index (χ4n) is 2.39. The highest BCUT2D eigenvalue weighted by atomic mass is 15.2. The molecule has 3 rings (SSSR count). The van der Waals surface area contributed by atoms with Crippen LogP contribution in [-0.4, -0.2) is 47.6 Å². The molecule has 0 aliphatic carbocycles. The third-order valence-corrected chi connectivity index (χ3v) is 3.46. The van der Waals surface area contributed by atoms with Gasteiger partial charge < -0.3 is 10.2 Å². The molecule has 1 aliphatic heterocycles. The molecule has 1 aliphatic rings. The van der Waals surface area contributed by atoms with Gasteiger partial charge in [0.25, 0.3) is 0 Å². The Morgan fingerprint density at radius 3 is 2.67 bits per heavy atom. The molecule has 0 unspecified atom stereocenters. The maximum absolute atomic E-state index is 4.35. The van der Waals surface area contributed by atoms with Gasteiger partial charge in [-0.1, -0.05) is 6.07 Å². The second-order valence-electron chi connectivity index (χ2n) is 4.72. The van der Waals surface area contributed by atoms with Gasteiger partial charge in [0.1, 0.15) is 0 Å². The molecular formula is C14H18N4. The van der Waals surface area contributed by atoms with Gasteiger partial charge in [0.2, 0.25) is 0 Å². The molecule has 0 spiro atoms. The Morgan fingerprint density at radius 1 is 1.06 bits per heavy atom. The third kappa shape index (κ3) is 2.66. The molecule has 1 N–H and O–H groups in total. The van der Waals surface area contributed by atoms with Crippen molar-refractivity contribution in [3.8, 4) is 0 Å². The van der Waals surface area contributed by atoms with E-state index in [2.05, 4.69) is 38.4 Å². The Bertz CT molecular complexity index is 520. The first-order valence-electron chi connectivity index (χ1n) is 6.54. The number of aromatic nitrogens is 2. The average Bonchev–Trinajstić information content (AvgIpc) is 2.46. The van der Waals surface area contributed by atoms with Crippen molar-refractivity contribution in [1.82, 2.24) is 20.2 Å². The molecule has 1 aromatic carbocycles. The number of nitrogens with one attached hydrogen (secondary N) is 1. The van der Waals surface area contributed by atoms with Gasteiger partial charge in [-0.05, 0) is 24.1 Å². The minimum Gasteiger partial charge on any atom is -0.314 e. The number of rotatable bonds is 3. The molecule has 0 radical (unpaired) electrons. The summed E-state index contributed by atoms with van der Waals surface area (Å²) in [5.74, 6) is 0. The maximum atomic E-state index is 4.35. The summed E-state index contributed by atoms with van der Waals surface area (Å²) in [7, 11) is 0. The van der Waals surface area contributed by atoms with Crippen LogP contribution < -0.4 is 5.32 Å². The van der Waals surface area contributed by atoms with Crippen LogP contribution >= 0.6 is 0 Å². The molecule has 2 heterocycles. The molecule has 4 nitrogen and oxygen atoms in total. The van der Waals surface area contributed by atoms with Gasteiger partial charge in [-0.25, -0.2) is 0 Å². The van der Waals surface area contributed by atoms with Crippen molar-refractivity contribution in [3.05, 3.63) is 36.2 Å². The number of hydrogen-bond donors (Lipinski definition) is 1. The summed E-state index contributed by atoms with van der Waals surface area (Å²) < 4.78 is 0. The van der Waals surface area contributed by atoms with Gasteiger partial charge in [0.05, 0.1) is 11.0 Å². The van der Waals surface area contributed by atoms with Gasteiger partial charge in [0, 0.05) is 45.1 Å². The van der Waals surface area contributed by atoms with Crippen molar-refractivity contribution in [2.45, 2.75) is 6.42 Å². The summed E-state index contributed by atoms with van der Waals surface area (Å²) in [5.41, 5.74) is 3.32. The average molecular weight is 242 g/mol. The summed E-state index contributed by atoms with van der Waals surface area (Å²) in [5, 5.41) is 3.38. The first-order chi connectivity index (χ1) is 8.92. The largest absolute Gasteiger partial charge is 0.314 e. The first-order valence-corrected chi connectivity index (χ1v) is 6.54. The summed E-state index contributed by atoms with van der Waals surface area (Å²) in [6.45, 7) is 5.68. The Labute approximate surface area is 107 Å². The molecule has 1 aromatic heterocycles. The van der Waals surface area contributed by atoms with E-state index in [-0.39, 0.29) is 0 Å². The van der Waals surface area contributed by atoms with Gasteiger partial charge in [-0.2, -0.15) is 0 Å². The zero-order valence-corrected chi connectivity index (χ0v) is 10.5. The van der Waals surface area contributed by atoms with Crippen LogP contribution in [0.2, 0.25) is 0 Å². The van der Waals surface area contributed by atoms with Crippen molar-refractivity contribution in [1.29, 1.82) is 0 Å². The van der Waals surface area contributed by atoms with E-state index in [9.17, 15) is 0 Å². The van der Waals surface area contributed by atoms with E-state index in [1.54, 1.807) is 12.4 Å². The van der Waals surface area contributed by atoms with E-state index >= 15 is 0 Å². The minimum atomic E-state index is 0.975. The molecule has 2 aromatic rings. The van der Waals surface area contributed by atoms with Gasteiger partial charge in [0.15, 0.2) is 0 Å². The molecule has 0 saturated carbocycles. The van der Waals surface area contributed by atoms with E-state index in [4.69, 9.17) is 0 Å². The molecule has 0 atom stereocenters. The highest BCUT2D eigenvalue weighted by molar-refractivity contribution is 5.74. The minimum absolute atomic E-state index is 0.975. The lowest BCUT2D eigenvalue weighted by Crippen LogP contribution is -2.44. The third-order valence-electron chi connectivity index (χ3n) is 3.46. The lowest BCUT2D eigenvalue weighted by Gasteiger charge is -2.27. The fourth-order valence-corrected chi connectivity index (χ4v) is 2.39. The van der Waals surface area contributed by atoms with E-state index in [0.29, 0.717) is 0 Å². The molecule has 4 heteroatoms. The van der Waals surface area contributed by atoms with Crippen molar-refractivity contribution >= 4 is 11.0 Å². The van der Waals surface area contributed by atoms with Crippen LogP contribution in [0.25, 0.3) is 11.0 Å². The first kappa shape index (κ1) is 11.6. The molecule has 0 amide bonds. The van der Waals surface area contributed by atoms with Crippen LogP contribution in [0.4, 0.5) is 0 Å². The van der Waals surface area contributed by atoms with Gasteiger partial charge in [-0.3, -0.25) is 9.97 Å². The number of hydrogen-bond acceptors (Lipinski definition) is 4. The maximum Gasteiger partial charge on any atom is 0.0889 e. The van der Waals surface area contributed by atoms with Crippen LogP contribution in [0.15, 0.2) is 30.6 Å². The second kappa shape index (κ2) is 5.42. The number of nitrogens with zero attached hydrogens (tertiary/aromatic N) is 3. The quantitative estimate of drug-likeness (QED) is 0.874. The van der Waals surface area contributed by atoms with Crippen LogP contribution in [-0.2, 0) is 6.42 Å². The summed E-state index contributed by atoms with van der Waals surface area (Å²) in [6, 6.07) is 6.39. The zero-order chi connectivity index (χ0) is 12.2. The highest BCUT2D eigenvalue weighted by Gasteiger charge is 2.09. The highest BCUT2D eigenvalue weighted by Crippen LogP contribution is 2.11. The van der Waals surface area contributed by atoms with Gasteiger partial charge >= 0.3 is 0 Å². The Kier molecular flexibility index (Phi) is 3.48. The van der Waals surface area contributed by atoms with Crippen molar-refractivity contribution < 1.29 is 0 Å². The van der Waals surface area contributed by atoms with E-state index in [1.807, 2.05) is 0 Å². The predicted molar refractivity (Wildman–Crippen MR) is 72.6 cm³/mol. The number of fused-ring (bicyclic) bond motifs is 1. The summed E-state index contributed by atoms with van der Waals surface area (Å²) in [4.78, 5) is 11.2. The summed E-state index contributed by atoms with van der Waals surface area (Å²) >= 11 is 0. The van der Waals surface area contributed by atoms with E-state index in [0.717, 1.165) is 50.2 Å². The Morgan fingerprint density at radius 2 is 1.83 bits per heavy atom. The van der Waals surface area contributed by atoms with Crippen molar-refractivity contribution in [2.75, 3.05) is 32.7 Å². The second-order valence-corrected chi connectivity index (χ2v) is 4.72. The van der Waals surface area contributed by atoms with Crippen LogP contribution in [0, 0.1) is 0 Å². The van der Waals surface area contributed by atoms with Gasteiger partial charge in [-0.15, -0.1) is 0 Å². The summed E-state index contributed by atoms with van der Waals surface area (Å²) in [6.07, 6.45) is 4.58. The normalized spacial score (nSPS) is 17.1. The molecule has 0 bridgehead atoms. The predicted octanol–water partition coefficient (Wildman–Crippen LogP) is 1.08. The fraction of sp³-hybridized carbons (Fsp3) is 0.429. The Balaban J connectivity index is 1.66. The van der Waals surface area contributed by atoms with Crippen LogP contribution in [0.3, 0.4) is 0 Å². The Hall–Kier alpha value is -1.52. The molecule has 1 saturated heterocycles. The van der Waals surface area contributed by atoms with Crippen molar-refractivity contribution in [3.63, 3.8) is 0 Å². The molecular weight excluding hydrogens is 224 g/mol. The number of benzene rings is 1. The lowest BCUT2D eigenvalue weighted by molar-refractivity contribution is 0.244. The SMILES string of the molecule is c1cnc2cc(CCN3CCNCC3)ccc2n1. The van der Waals surface area contributed by atoms with Crippen LogP contribution in [0.5, 0.6) is 0 Å². The molecule has 1 fully saturated rings. The molecule has 18 heavy (non-hydrogen) atoms. The van der Waals surface area contributed by atoms with Crippen molar-refractivity contribution in [2.24, 2.45) is 0 Å².